The Morgan fingerprint density at radius 1 is 1.53 bits per heavy atom. The number of benzene rings is 1. The van der Waals surface area contributed by atoms with E-state index in [1.165, 1.54) is 6.07 Å². The van der Waals surface area contributed by atoms with E-state index in [4.69, 9.17) is 5.26 Å². The van der Waals surface area contributed by atoms with Crippen LogP contribution in [0.15, 0.2) is 18.2 Å². The zero-order valence-corrected chi connectivity index (χ0v) is 9.81. The molecule has 0 radical (unpaired) electrons. The van der Waals surface area contributed by atoms with Crippen LogP contribution in [0.3, 0.4) is 0 Å². The van der Waals surface area contributed by atoms with Gasteiger partial charge < -0.3 is 14.9 Å². The summed E-state index contributed by atoms with van der Waals surface area (Å²) in [5.41, 5.74) is -0.771. The second-order valence-electron chi connectivity index (χ2n) is 3.54. The molecule has 0 amide bonds. The maximum Gasteiger partial charge on any atom is 0.338 e. The lowest BCUT2D eigenvalue weighted by molar-refractivity contribution is -0.384. The molecule has 100 valence electrons. The monoisotopic (exact) mass is 266 g/mol. The lowest BCUT2D eigenvalue weighted by Crippen LogP contribution is -2.19. The third-order valence-electron chi connectivity index (χ3n) is 2.40. The van der Waals surface area contributed by atoms with Crippen molar-refractivity contribution >= 4 is 11.7 Å². The molecule has 0 aliphatic rings. The number of nitro groups is 1. The number of nitro benzene ring substituents is 1. The van der Waals surface area contributed by atoms with Gasteiger partial charge in [-0.05, 0) is 11.6 Å². The van der Waals surface area contributed by atoms with Crippen molar-refractivity contribution in [3.05, 3.63) is 39.4 Å². The van der Waals surface area contributed by atoms with Gasteiger partial charge in [-0.25, -0.2) is 4.79 Å². The summed E-state index contributed by atoms with van der Waals surface area (Å²) in [6, 6.07) is 4.46. The molecule has 8 nitrogen and oxygen atoms in total. The van der Waals surface area contributed by atoms with Gasteiger partial charge in [0.25, 0.3) is 5.69 Å². The van der Waals surface area contributed by atoms with Gasteiger partial charge in [-0.1, -0.05) is 0 Å². The highest BCUT2D eigenvalue weighted by molar-refractivity contribution is 5.92. The molecule has 2 unspecified atom stereocenters. The molecule has 19 heavy (non-hydrogen) atoms. The van der Waals surface area contributed by atoms with Crippen LogP contribution in [0.1, 0.15) is 22.0 Å². The average molecular weight is 266 g/mol. The molecular weight excluding hydrogens is 256 g/mol. The Morgan fingerprint density at radius 3 is 2.63 bits per heavy atom. The van der Waals surface area contributed by atoms with Gasteiger partial charge in [0.2, 0.25) is 0 Å². The highest BCUT2D eigenvalue weighted by Gasteiger charge is 2.26. The first kappa shape index (κ1) is 14.6. The fraction of sp³-hybridized carbons (Fsp3) is 0.273. The number of nitrogens with zero attached hydrogens (tertiary/aromatic N) is 2. The summed E-state index contributed by atoms with van der Waals surface area (Å²) >= 11 is 0. The Labute approximate surface area is 107 Å². The van der Waals surface area contributed by atoms with E-state index in [-0.39, 0.29) is 16.8 Å². The molecule has 0 fully saturated rings. The van der Waals surface area contributed by atoms with Crippen LogP contribution in [0.4, 0.5) is 5.69 Å². The quantitative estimate of drug-likeness (QED) is 0.346. The molecule has 0 aliphatic carbocycles. The zero-order chi connectivity index (χ0) is 14.6. The third-order valence-corrected chi connectivity index (χ3v) is 2.40. The van der Waals surface area contributed by atoms with Gasteiger partial charge in [-0.2, -0.15) is 5.26 Å². The van der Waals surface area contributed by atoms with Crippen molar-refractivity contribution in [2.75, 3.05) is 7.11 Å². The smallest absolute Gasteiger partial charge is 0.338 e. The number of rotatable bonds is 4. The van der Waals surface area contributed by atoms with Crippen LogP contribution >= 0.6 is 0 Å². The van der Waals surface area contributed by atoms with E-state index in [9.17, 15) is 25.1 Å². The number of hydrogen-bond acceptors (Lipinski definition) is 7. The highest BCUT2D eigenvalue weighted by atomic mass is 16.6. The van der Waals surface area contributed by atoms with Crippen molar-refractivity contribution < 1.29 is 24.7 Å². The molecule has 1 rings (SSSR count). The van der Waals surface area contributed by atoms with Crippen molar-refractivity contribution in [1.82, 2.24) is 0 Å². The van der Waals surface area contributed by atoms with Gasteiger partial charge in [0.15, 0.2) is 6.10 Å². The van der Waals surface area contributed by atoms with E-state index in [0.717, 1.165) is 25.3 Å². The van der Waals surface area contributed by atoms with Crippen molar-refractivity contribution in [2.45, 2.75) is 12.2 Å². The molecule has 2 N–H and O–H groups in total. The largest absolute Gasteiger partial charge is 0.465 e. The van der Waals surface area contributed by atoms with Crippen molar-refractivity contribution in [1.29, 1.82) is 5.26 Å². The highest BCUT2D eigenvalue weighted by Crippen LogP contribution is 2.25. The van der Waals surface area contributed by atoms with Gasteiger partial charge >= 0.3 is 5.97 Å². The second kappa shape index (κ2) is 5.90. The molecule has 0 aliphatic heterocycles. The molecule has 2 atom stereocenters. The standard InChI is InChI=1S/C11H10N2O6/c1-19-11(16)8-4-6(13(17)18)2-3-7(8)10(15)9(14)5-12/h2-4,9-10,14-15H,1H3. The van der Waals surface area contributed by atoms with Gasteiger partial charge in [0.1, 0.15) is 6.10 Å². The van der Waals surface area contributed by atoms with Crippen LogP contribution in [0.25, 0.3) is 0 Å². The fourth-order valence-electron chi connectivity index (χ4n) is 1.44. The summed E-state index contributed by atoms with van der Waals surface area (Å²) in [5, 5.41) is 38.1. The van der Waals surface area contributed by atoms with Gasteiger partial charge in [0, 0.05) is 12.1 Å². The lowest BCUT2D eigenvalue weighted by atomic mass is 9.98. The number of ether oxygens (including phenoxy) is 1. The number of nitriles is 1. The number of aliphatic hydroxyl groups is 2. The predicted octanol–water partition coefficient (Wildman–Crippen LogP) is 0.299. The molecule has 1 aromatic rings. The molecule has 0 heterocycles. The average Bonchev–Trinajstić information content (AvgIpc) is 2.43. The zero-order valence-electron chi connectivity index (χ0n) is 9.81. The molecular formula is C11H10N2O6. The first-order chi connectivity index (χ1) is 8.92. The summed E-state index contributed by atoms with van der Waals surface area (Å²) in [7, 11) is 1.07. The molecule has 0 saturated carbocycles. The number of carbonyl (C=O) groups excluding carboxylic acids is 1. The molecule has 8 heteroatoms. The van der Waals surface area contributed by atoms with Gasteiger partial charge in [-0.3, -0.25) is 10.1 Å². The Hall–Kier alpha value is -2.50. The second-order valence-corrected chi connectivity index (χ2v) is 3.54. The van der Waals surface area contributed by atoms with Crippen LogP contribution in [0.5, 0.6) is 0 Å². The lowest BCUT2D eigenvalue weighted by Gasteiger charge is -2.15. The summed E-state index contributed by atoms with van der Waals surface area (Å²) in [5.74, 6) is -0.914. The third kappa shape index (κ3) is 3.04. The van der Waals surface area contributed by atoms with Gasteiger partial charge in [0.05, 0.1) is 23.7 Å². The minimum atomic E-state index is -1.76. The Bertz CT molecular complexity index is 551. The summed E-state index contributed by atoms with van der Waals surface area (Å²) in [4.78, 5) is 21.4. The van der Waals surface area contributed by atoms with Crippen LogP contribution in [-0.4, -0.2) is 34.3 Å². The molecule has 0 spiro atoms. The van der Waals surface area contributed by atoms with E-state index >= 15 is 0 Å². The normalized spacial score (nSPS) is 13.2. The Balaban J connectivity index is 3.36. The Morgan fingerprint density at radius 2 is 2.16 bits per heavy atom. The molecule has 0 saturated heterocycles. The number of esters is 1. The minimum Gasteiger partial charge on any atom is -0.465 e. The number of carbonyl (C=O) groups is 1. The SMILES string of the molecule is COC(=O)c1cc([N+](=O)[O-])ccc1C(O)C(O)C#N. The van der Waals surface area contributed by atoms with Crippen LogP contribution in [0.2, 0.25) is 0 Å². The number of non-ortho nitro benzene ring substituents is 1. The number of methoxy groups -OCH3 is 1. The number of aliphatic hydroxyl groups excluding tert-OH is 2. The predicted molar refractivity (Wildman–Crippen MR) is 61.0 cm³/mol. The van der Waals surface area contributed by atoms with Crippen molar-refractivity contribution in [3.8, 4) is 6.07 Å². The first-order valence-electron chi connectivity index (χ1n) is 5.04. The topological polar surface area (TPSA) is 134 Å². The summed E-state index contributed by atoms with van der Waals surface area (Å²) in [6.45, 7) is 0. The van der Waals surface area contributed by atoms with Crippen LogP contribution in [-0.2, 0) is 4.74 Å². The van der Waals surface area contributed by atoms with E-state index in [0.29, 0.717) is 0 Å². The van der Waals surface area contributed by atoms with Crippen molar-refractivity contribution in [2.24, 2.45) is 0 Å². The maximum absolute atomic E-state index is 11.5. The van der Waals surface area contributed by atoms with E-state index in [2.05, 4.69) is 4.74 Å². The number of hydrogen-bond donors (Lipinski definition) is 2. The van der Waals surface area contributed by atoms with Crippen molar-refractivity contribution in [3.63, 3.8) is 0 Å². The summed E-state index contributed by atoms with van der Waals surface area (Å²) < 4.78 is 4.44. The summed E-state index contributed by atoms with van der Waals surface area (Å²) in [6.07, 6.45) is -3.43. The first-order valence-corrected chi connectivity index (χ1v) is 5.04. The van der Waals surface area contributed by atoms with E-state index < -0.39 is 23.1 Å². The molecule has 0 bridgehead atoms. The van der Waals surface area contributed by atoms with Crippen LogP contribution < -0.4 is 0 Å². The van der Waals surface area contributed by atoms with E-state index in [1.807, 2.05) is 0 Å². The maximum atomic E-state index is 11.5. The minimum absolute atomic E-state index is 0.119. The Kier molecular flexibility index (Phi) is 4.52. The van der Waals surface area contributed by atoms with Crippen LogP contribution in [0, 0.1) is 21.4 Å². The van der Waals surface area contributed by atoms with Gasteiger partial charge in [-0.15, -0.1) is 0 Å². The molecule has 0 aromatic heterocycles. The van der Waals surface area contributed by atoms with E-state index in [1.54, 1.807) is 0 Å². The molecule has 1 aromatic carbocycles. The fourth-order valence-corrected chi connectivity index (χ4v) is 1.44.